The first-order chi connectivity index (χ1) is 16.7. The Labute approximate surface area is 210 Å². The molecule has 2 nitrogen and oxygen atoms in total. The number of hydrogen-bond donors (Lipinski definition) is 1. The van der Waals surface area contributed by atoms with Gasteiger partial charge in [0.2, 0.25) is 0 Å². The molecule has 1 fully saturated rings. The molecule has 0 amide bonds. The van der Waals surface area contributed by atoms with E-state index in [0.717, 1.165) is 31.0 Å². The van der Waals surface area contributed by atoms with Gasteiger partial charge in [-0.25, -0.2) is 0 Å². The van der Waals surface area contributed by atoms with Crippen LogP contribution in [0.2, 0.25) is 5.02 Å². The van der Waals surface area contributed by atoms with Crippen LogP contribution >= 0.6 is 11.6 Å². The molecule has 5 rings (SSSR count). The van der Waals surface area contributed by atoms with Crippen molar-refractivity contribution in [2.45, 2.75) is 64.2 Å². The highest BCUT2D eigenvalue weighted by Crippen LogP contribution is 2.45. The van der Waals surface area contributed by atoms with Crippen molar-refractivity contribution >= 4 is 23.3 Å². The van der Waals surface area contributed by atoms with Crippen LogP contribution in [-0.2, 0) is 0 Å². The van der Waals surface area contributed by atoms with Crippen LogP contribution in [0.3, 0.4) is 0 Å². The van der Waals surface area contributed by atoms with Gasteiger partial charge in [-0.2, -0.15) is 0 Å². The van der Waals surface area contributed by atoms with E-state index in [0.29, 0.717) is 17.8 Å². The van der Waals surface area contributed by atoms with Crippen LogP contribution in [0.15, 0.2) is 60.3 Å². The predicted octanol–water partition coefficient (Wildman–Crippen LogP) is 8.19. The van der Waals surface area contributed by atoms with E-state index in [1.165, 1.54) is 72.1 Å². The van der Waals surface area contributed by atoms with Gasteiger partial charge in [-0.05, 0) is 124 Å². The minimum atomic E-state index is 0.331. The molecule has 2 aliphatic carbocycles. The lowest BCUT2D eigenvalue weighted by Crippen LogP contribution is -2.32. The molecule has 1 aliphatic heterocycles. The Morgan fingerprint density at radius 1 is 1.09 bits per heavy atom. The summed E-state index contributed by atoms with van der Waals surface area (Å²) in [6, 6.07) is 10.9. The maximum Gasteiger partial charge on any atom is 0.0556 e. The average molecular weight is 473 g/mol. The Morgan fingerprint density at radius 3 is 2.85 bits per heavy atom. The zero-order valence-corrected chi connectivity index (χ0v) is 21.2. The van der Waals surface area contributed by atoms with E-state index >= 15 is 0 Å². The first-order valence-corrected chi connectivity index (χ1v) is 13.5. The zero-order chi connectivity index (χ0) is 23.3. The number of allylic oxidation sites excluding steroid dienone is 5. The molecule has 0 radical (unpaired) electrons. The monoisotopic (exact) mass is 472 g/mol. The number of halogens is 1. The van der Waals surface area contributed by atoms with Gasteiger partial charge in [0.05, 0.1) is 5.69 Å². The van der Waals surface area contributed by atoms with Gasteiger partial charge in [0, 0.05) is 17.1 Å². The summed E-state index contributed by atoms with van der Waals surface area (Å²) in [7, 11) is 0. The first kappa shape index (κ1) is 23.6. The van der Waals surface area contributed by atoms with Gasteiger partial charge in [-0.3, -0.25) is 4.98 Å². The van der Waals surface area contributed by atoms with Crippen LogP contribution in [0.1, 0.15) is 86.6 Å². The van der Waals surface area contributed by atoms with Crippen molar-refractivity contribution in [1.82, 2.24) is 10.3 Å². The summed E-state index contributed by atoms with van der Waals surface area (Å²) >= 11 is 6.51. The van der Waals surface area contributed by atoms with Crippen LogP contribution in [-0.4, -0.2) is 18.1 Å². The molecule has 3 heteroatoms. The summed E-state index contributed by atoms with van der Waals surface area (Å²) in [5, 5.41) is 4.36. The number of aromatic nitrogens is 1. The predicted molar refractivity (Wildman–Crippen MR) is 145 cm³/mol. The van der Waals surface area contributed by atoms with E-state index in [2.05, 4.69) is 66.9 Å². The van der Waals surface area contributed by atoms with E-state index in [1.807, 2.05) is 6.20 Å². The van der Waals surface area contributed by atoms with Gasteiger partial charge < -0.3 is 5.32 Å². The van der Waals surface area contributed by atoms with Gasteiger partial charge in [-0.1, -0.05) is 53.6 Å². The fourth-order valence-corrected chi connectivity index (χ4v) is 6.27. The molecule has 0 bridgehead atoms. The number of hydrogen-bond acceptors (Lipinski definition) is 2. The molecule has 1 saturated heterocycles. The molecule has 2 unspecified atom stereocenters. The third-order valence-electron chi connectivity index (χ3n) is 7.98. The summed E-state index contributed by atoms with van der Waals surface area (Å²) < 4.78 is 0. The number of nitrogens with one attached hydrogen (secondary N) is 1. The Balaban J connectivity index is 1.48. The van der Waals surface area contributed by atoms with Crippen molar-refractivity contribution in [1.29, 1.82) is 0 Å². The molecule has 2 heterocycles. The van der Waals surface area contributed by atoms with E-state index in [4.69, 9.17) is 16.6 Å². The molecule has 0 spiro atoms. The maximum absolute atomic E-state index is 6.51. The SMILES string of the molecule is C/C1=C/CCC(CCC2=Cc3cc(Cl)ccc3C(C3CCNCC3)c3ncccc32)/C=C/CC1. The topological polar surface area (TPSA) is 24.9 Å². The first-order valence-electron chi connectivity index (χ1n) is 13.2. The lowest BCUT2D eigenvalue weighted by atomic mass is 9.76. The highest BCUT2D eigenvalue weighted by Gasteiger charge is 2.33. The van der Waals surface area contributed by atoms with Gasteiger partial charge in [0.25, 0.3) is 0 Å². The number of fused-ring (bicyclic) bond motifs is 2. The van der Waals surface area contributed by atoms with Gasteiger partial charge in [0.1, 0.15) is 0 Å². The van der Waals surface area contributed by atoms with Gasteiger partial charge >= 0.3 is 0 Å². The Morgan fingerprint density at radius 2 is 1.97 bits per heavy atom. The van der Waals surface area contributed by atoms with Crippen molar-refractivity contribution in [2.75, 3.05) is 13.1 Å². The molecule has 2 aromatic rings. The lowest BCUT2D eigenvalue weighted by molar-refractivity contribution is 0.339. The zero-order valence-electron chi connectivity index (χ0n) is 20.4. The largest absolute Gasteiger partial charge is 0.317 e. The second kappa shape index (κ2) is 11.1. The van der Waals surface area contributed by atoms with Crippen molar-refractivity contribution in [3.05, 3.63) is 87.7 Å². The van der Waals surface area contributed by atoms with Crippen molar-refractivity contribution in [2.24, 2.45) is 11.8 Å². The number of rotatable bonds is 4. The number of pyridine rings is 1. The number of piperidine rings is 1. The number of nitrogens with zero attached hydrogens (tertiary/aromatic N) is 1. The van der Waals surface area contributed by atoms with Crippen LogP contribution in [0, 0.1) is 11.8 Å². The molecular weight excluding hydrogens is 436 g/mol. The quantitative estimate of drug-likeness (QED) is 0.453. The summed E-state index contributed by atoms with van der Waals surface area (Å²) in [6.45, 7) is 4.46. The second-order valence-corrected chi connectivity index (χ2v) is 10.8. The van der Waals surface area contributed by atoms with E-state index in [-0.39, 0.29) is 0 Å². The molecule has 3 aliphatic rings. The lowest BCUT2D eigenvalue weighted by Gasteiger charge is -2.32. The second-order valence-electron chi connectivity index (χ2n) is 10.3. The minimum absolute atomic E-state index is 0.331. The van der Waals surface area contributed by atoms with Gasteiger partial charge in [0.15, 0.2) is 0 Å². The smallest absolute Gasteiger partial charge is 0.0556 e. The van der Waals surface area contributed by atoms with E-state index in [9.17, 15) is 0 Å². The molecule has 178 valence electrons. The highest BCUT2D eigenvalue weighted by molar-refractivity contribution is 6.30. The fraction of sp³-hybridized carbons (Fsp3) is 0.452. The summed E-state index contributed by atoms with van der Waals surface area (Å²) in [6.07, 6.45) is 21.2. The Hall–Kier alpha value is -2.16. The average Bonchev–Trinajstić information content (AvgIpc) is 2.90. The summed E-state index contributed by atoms with van der Waals surface area (Å²) in [5.41, 5.74) is 8.26. The molecule has 1 aromatic carbocycles. The summed E-state index contributed by atoms with van der Waals surface area (Å²) in [5.74, 6) is 1.57. The molecule has 2 atom stereocenters. The van der Waals surface area contributed by atoms with Crippen LogP contribution in [0.4, 0.5) is 0 Å². The van der Waals surface area contributed by atoms with Crippen LogP contribution in [0.25, 0.3) is 11.6 Å². The standard InChI is InChI=1S/C31H37ClN2/c1-22-6-2-3-8-23(9-4-7-22)11-12-25-20-26-21-27(32)13-14-28(26)30(24-15-18-33-19-16-24)31-29(25)10-5-17-34-31/h3,5,7-8,10,13-14,17,20-21,23-24,30,33H,2,4,6,9,11-12,15-16,18-19H2,1H3/b8-3+,22-7-. The third kappa shape index (κ3) is 5.39. The normalized spacial score (nSPS) is 25.9. The van der Waals surface area contributed by atoms with Crippen molar-refractivity contribution in [3.63, 3.8) is 0 Å². The van der Waals surface area contributed by atoms with Crippen molar-refractivity contribution in [3.8, 4) is 0 Å². The minimum Gasteiger partial charge on any atom is -0.317 e. The molecular formula is C31H37ClN2. The molecule has 0 saturated carbocycles. The molecule has 1 N–H and O–H groups in total. The van der Waals surface area contributed by atoms with E-state index in [1.54, 1.807) is 0 Å². The number of benzene rings is 1. The van der Waals surface area contributed by atoms with Crippen LogP contribution < -0.4 is 5.32 Å². The maximum atomic E-state index is 6.51. The third-order valence-corrected chi connectivity index (χ3v) is 8.21. The van der Waals surface area contributed by atoms with E-state index < -0.39 is 0 Å². The van der Waals surface area contributed by atoms with Gasteiger partial charge in [-0.15, -0.1) is 0 Å². The summed E-state index contributed by atoms with van der Waals surface area (Å²) in [4.78, 5) is 5.03. The highest BCUT2D eigenvalue weighted by atomic mass is 35.5. The Kier molecular flexibility index (Phi) is 7.67. The Bertz CT molecular complexity index is 1090. The van der Waals surface area contributed by atoms with Crippen LogP contribution in [0.5, 0.6) is 0 Å². The fourth-order valence-electron chi connectivity index (χ4n) is 6.09. The molecule has 1 aromatic heterocycles. The van der Waals surface area contributed by atoms with Crippen molar-refractivity contribution < 1.29 is 0 Å². The molecule has 34 heavy (non-hydrogen) atoms.